The van der Waals surface area contributed by atoms with E-state index in [9.17, 15) is 14.7 Å². The number of aliphatic hydroxyl groups excluding tert-OH is 1. The van der Waals surface area contributed by atoms with Gasteiger partial charge in [-0.15, -0.1) is 0 Å². The summed E-state index contributed by atoms with van der Waals surface area (Å²) < 4.78 is 5.55. The second kappa shape index (κ2) is 9.58. The number of aryl methyl sites for hydroxylation is 1. The molecule has 184 valence electrons. The number of carbonyl (C=O) groups excluding carboxylic acids is 2. The summed E-state index contributed by atoms with van der Waals surface area (Å²) in [6.07, 6.45) is 1.83. The zero-order valence-corrected chi connectivity index (χ0v) is 21.2. The van der Waals surface area contributed by atoms with Gasteiger partial charge in [0.2, 0.25) is 0 Å². The van der Waals surface area contributed by atoms with Gasteiger partial charge in [-0.2, -0.15) is 0 Å². The number of H-pyrrole nitrogens is 1. The topological polar surface area (TPSA) is 85.9 Å². The van der Waals surface area contributed by atoms with Crippen molar-refractivity contribution in [3.05, 3.63) is 70.4 Å². The van der Waals surface area contributed by atoms with Gasteiger partial charge in [-0.25, -0.2) is 0 Å². The van der Waals surface area contributed by atoms with Crippen LogP contribution in [0.5, 0.6) is 5.75 Å². The Morgan fingerprint density at radius 1 is 1.20 bits per heavy atom. The Kier molecular flexibility index (Phi) is 6.72. The van der Waals surface area contributed by atoms with E-state index < -0.39 is 17.7 Å². The molecule has 7 heteroatoms. The minimum Gasteiger partial charge on any atom is -0.507 e. The lowest BCUT2D eigenvalue weighted by Gasteiger charge is -2.26. The summed E-state index contributed by atoms with van der Waals surface area (Å²) in [4.78, 5) is 33.5. The summed E-state index contributed by atoms with van der Waals surface area (Å²) in [6, 6.07) is 10.8. The second-order valence-corrected chi connectivity index (χ2v) is 9.65. The average Bonchev–Trinajstić information content (AvgIpc) is 3.35. The molecule has 2 N–H and O–H groups in total. The highest BCUT2D eigenvalue weighted by atomic mass is 16.5. The van der Waals surface area contributed by atoms with Crippen LogP contribution < -0.4 is 4.74 Å². The number of likely N-dealkylation sites (N-methyl/N-ethyl adjacent to an activating group) is 1. The molecule has 1 aromatic heterocycles. The number of para-hydroxylation sites is 1. The van der Waals surface area contributed by atoms with E-state index in [1.807, 2.05) is 82.4 Å². The predicted octanol–water partition coefficient (Wildman–Crippen LogP) is 4.59. The Labute approximate surface area is 206 Å². The summed E-state index contributed by atoms with van der Waals surface area (Å²) in [6.45, 7) is 6.90. The number of nitrogens with zero attached hydrogens (tertiary/aromatic N) is 2. The number of Topliss-reactive ketones (excluding diaryl/α,β-unsaturated/α-hetero) is 1. The highest BCUT2D eigenvalue weighted by Gasteiger charge is 2.46. The summed E-state index contributed by atoms with van der Waals surface area (Å²) in [7, 11) is 5.46. The molecule has 2 aromatic carbocycles. The van der Waals surface area contributed by atoms with Crippen LogP contribution >= 0.6 is 0 Å². The van der Waals surface area contributed by atoms with Gasteiger partial charge in [0.1, 0.15) is 11.5 Å². The minimum absolute atomic E-state index is 0.112. The van der Waals surface area contributed by atoms with Crippen molar-refractivity contribution in [2.75, 3.05) is 34.3 Å². The average molecular weight is 476 g/mol. The molecule has 1 saturated heterocycles. The van der Waals surface area contributed by atoms with Gasteiger partial charge in [-0.3, -0.25) is 9.59 Å². The third kappa shape index (κ3) is 4.32. The number of benzene rings is 2. The van der Waals surface area contributed by atoms with Crippen LogP contribution in [-0.4, -0.2) is 65.9 Å². The van der Waals surface area contributed by atoms with Gasteiger partial charge < -0.3 is 24.6 Å². The van der Waals surface area contributed by atoms with Crippen LogP contribution in [0.3, 0.4) is 0 Å². The third-order valence-electron chi connectivity index (χ3n) is 6.70. The van der Waals surface area contributed by atoms with Crippen LogP contribution in [0.1, 0.15) is 48.1 Å². The quantitative estimate of drug-likeness (QED) is 0.297. The molecule has 4 rings (SSSR count). The van der Waals surface area contributed by atoms with E-state index in [0.717, 1.165) is 33.3 Å². The van der Waals surface area contributed by atoms with Crippen LogP contribution in [0.15, 0.2) is 48.2 Å². The number of rotatable bonds is 7. The molecule has 0 bridgehead atoms. The molecule has 0 aliphatic carbocycles. The lowest BCUT2D eigenvalue weighted by Crippen LogP contribution is -2.35. The molecule has 1 atom stereocenters. The molecule has 1 aliphatic rings. The first-order valence-corrected chi connectivity index (χ1v) is 11.8. The predicted molar refractivity (Wildman–Crippen MR) is 138 cm³/mol. The summed E-state index contributed by atoms with van der Waals surface area (Å²) >= 11 is 0. The van der Waals surface area contributed by atoms with Crippen molar-refractivity contribution >= 4 is 28.4 Å². The number of carbonyl (C=O) groups is 2. The van der Waals surface area contributed by atoms with E-state index in [4.69, 9.17) is 4.74 Å². The maximum Gasteiger partial charge on any atom is 0.295 e. The number of likely N-dealkylation sites (tertiary alicyclic amines) is 1. The SMILES string of the molecule is COc1cc(C)c(/C(O)=C2\C(=O)C(=O)N(CCN(C)C)C2c2c[nH]c3ccccc23)cc1C(C)C. The largest absolute Gasteiger partial charge is 0.507 e. The van der Waals surface area contributed by atoms with Crippen LogP contribution in [0.25, 0.3) is 16.7 Å². The van der Waals surface area contributed by atoms with Gasteiger partial charge in [0.05, 0.1) is 18.7 Å². The van der Waals surface area contributed by atoms with Gasteiger partial charge in [0.25, 0.3) is 11.7 Å². The highest BCUT2D eigenvalue weighted by Crippen LogP contribution is 2.43. The van der Waals surface area contributed by atoms with E-state index in [-0.39, 0.29) is 17.3 Å². The molecule has 1 unspecified atom stereocenters. The number of aliphatic hydroxyl groups is 1. The molecule has 1 fully saturated rings. The molecule has 0 radical (unpaired) electrons. The van der Waals surface area contributed by atoms with Crippen molar-refractivity contribution < 1.29 is 19.4 Å². The fourth-order valence-electron chi connectivity index (χ4n) is 4.79. The van der Waals surface area contributed by atoms with Crippen molar-refractivity contribution in [1.29, 1.82) is 0 Å². The summed E-state index contributed by atoms with van der Waals surface area (Å²) in [5.41, 5.74) is 4.02. The van der Waals surface area contributed by atoms with Crippen molar-refractivity contribution in [3.63, 3.8) is 0 Å². The van der Waals surface area contributed by atoms with Gasteiger partial charge >= 0.3 is 0 Å². The van der Waals surface area contributed by atoms with E-state index in [1.165, 1.54) is 0 Å². The number of aromatic amines is 1. The van der Waals surface area contributed by atoms with Gasteiger partial charge in [-0.05, 0) is 56.3 Å². The second-order valence-electron chi connectivity index (χ2n) is 9.65. The lowest BCUT2D eigenvalue weighted by atomic mass is 9.91. The summed E-state index contributed by atoms with van der Waals surface area (Å²) in [5.74, 6) is -0.553. The zero-order chi connectivity index (χ0) is 25.4. The zero-order valence-electron chi connectivity index (χ0n) is 21.2. The molecule has 7 nitrogen and oxygen atoms in total. The number of aromatic nitrogens is 1. The Bertz CT molecular complexity index is 1320. The number of methoxy groups -OCH3 is 1. The van der Waals surface area contributed by atoms with Crippen molar-refractivity contribution in [3.8, 4) is 5.75 Å². The number of fused-ring (bicyclic) bond motifs is 1. The standard InChI is InChI=1S/C28H33N3O4/c1-16(2)19-14-20(17(3)13-23(19)35-6)26(32)24-25(21-15-29-22-10-8-7-9-18(21)22)31(12-11-30(4)5)28(34)27(24)33/h7-10,13-16,25,29,32H,11-12H2,1-6H3/b26-24+. The van der Waals surface area contributed by atoms with E-state index in [1.54, 1.807) is 12.0 Å². The maximum atomic E-state index is 13.4. The first-order valence-electron chi connectivity index (χ1n) is 11.8. The minimum atomic E-state index is -0.699. The number of ether oxygens (including phenoxy) is 1. The normalized spacial score (nSPS) is 17.8. The van der Waals surface area contributed by atoms with E-state index in [0.29, 0.717) is 18.7 Å². The van der Waals surface area contributed by atoms with Crippen molar-refractivity contribution in [2.45, 2.75) is 32.7 Å². The Morgan fingerprint density at radius 2 is 1.91 bits per heavy atom. The molecule has 1 amide bonds. The molecule has 1 aliphatic heterocycles. The van der Waals surface area contributed by atoms with Crippen molar-refractivity contribution in [1.82, 2.24) is 14.8 Å². The van der Waals surface area contributed by atoms with Crippen LogP contribution in [-0.2, 0) is 9.59 Å². The number of ketones is 1. The summed E-state index contributed by atoms with van der Waals surface area (Å²) in [5, 5.41) is 12.5. The Balaban J connectivity index is 1.95. The fraction of sp³-hybridized carbons (Fsp3) is 0.357. The van der Waals surface area contributed by atoms with E-state index in [2.05, 4.69) is 4.98 Å². The number of hydrogen-bond acceptors (Lipinski definition) is 5. The molecule has 2 heterocycles. The number of amides is 1. The van der Waals surface area contributed by atoms with E-state index >= 15 is 0 Å². The highest BCUT2D eigenvalue weighted by molar-refractivity contribution is 6.46. The number of hydrogen-bond donors (Lipinski definition) is 2. The molecular weight excluding hydrogens is 442 g/mol. The van der Waals surface area contributed by atoms with Crippen LogP contribution in [0.2, 0.25) is 0 Å². The molecule has 0 saturated carbocycles. The lowest BCUT2D eigenvalue weighted by molar-refractivity contribution is -0.140. The Hall–Kier alpha value is -3.58. The fourth-order valence-corrected chi connectivity index (χ4v) is 4.79. The molecular formula is C28H33N3O4. The third-order valence-corrected chi connectivity index (χ3v) is 6.70. The van der Waals surface area contributed by atoms with Crippen molar-refractivity contribution in [2.24, 2.45) is 0 Å². The maximum absolute atomic E-state index is 13.4. The van der Waals surface area contributed by atoms with Gasteiger partial charge in [0, 0.05) is 41.3 Å². The van der Waals surface area contributed by atoms with Gasteiger partial charge in [0.15, 0.2) is 0 Å². The first kappa shape index (κ1) is 24.5. The smallest absolute Gasteiger partial charge is 0.295 e. The van der Waals surface area contributed by atoms with Gasteiger partial charge in [-0.1, -0.05) is 32.0 Å². The first-order chi connectivity index (χ1) is 16.6. The van der Waals surface area contributed by atoms with Crippen LogP contribution in [0, 0.1) is 6.92 Å². The van der Waals surface area contributed by atoms with Crippen LogP contribution in [0.4, 0.5) is 0 Å². The monoisotopic (exact) mass is 475 g/mol. The molecule has 35 heavy (non-hydrogen) atoms. The number of nitrogens with one attached hydrogen (secondary N) is 1. The molecule has 0 spiro atoms. The Morgan fingerprint density at radius 3 is 2.57 bits per heavy atom. The molecule has 3 aromatic rings.